The number of piperidine rings is 1. The molecule has 1 saturated heterocycles. The topological polar surface area (TPSA) is 160 Å². The number of carbonyl (C=O) groups excluding carboxylic acids is 3. The molecular weight excluding hydrogens is 638 g/mol. The van der Waals surface area contributed by atoms with Crippen molar-refractivity contribution in [3.8, 4) is 0 Å². The van der Waals surface area contributed by atoms with Gasteiger partial charge in [-0.15, -0.1) is 0 Å². The van der Waals surface area contributed by atoms with Crippen molar-refractivity contribution in [1.82, 2.24) is 4.90 Å². The fourth-order valence-electron chi connectivity index (χ4n) is 12.7. The molecule has 2 unspecified atom stereocenters. The van der Waals surface area contributed by atoms with Crippen molar-refractivity contribution < 1.29 is 57.8 Å². The van der Waals surface area contributed by atoms with Crippen LogP contribution in [0.4, 0.5) is 0 Å². The zero-order valence-electron chi connectivity index (χ0n) is 29.2. The highest BCUT2D eigenvalue weighted by Crippen LogP contribution is 2.80. The van der Waals surface area contributed by atoms with Crippen molar-refractivity contribution >= 4 is 17.9 Å². The third-order valence-electron chi connectivity index (χ3n) is 13.4. The van der Waals surface area contributed by atoms with Gasteiger partial charge < -0.3 is 43.4 Å². The Morgan fingerprint density at radius 3 is 2.20 bits per heavy atom. The van der Waals surface area contributed by atoms with Gasteiger partial charge in [0.15, 0.2) is 5.60 Å². The van der Waals surface area contributed by atoms with Gasteiger partial charge in [0.05, 0.1) is 24.4 Å². The Balaban J connectivity index is 1.53. The van der Waals surface area contributed by atoms with Gasteiger partial charge in [0.25, 0.3) is 0 Å². The summed E-state index contributed by atoms with van der Waals surface area (Å²) in [5.41, 5.74) is -4.92. The van der Waals surface area contributed by atoms with E-state index in [2.05, 4.69) is 4.90 Å². The Morgan fingerprint density at radius 1 is 0.918 bits per heavy atom. The number of esters is 3. The zero-order chi connectivity index (χ0) is 35.3. The third-order valence-corrected chi connectivity index (χ3v) is 13.4. The quantitative estimate of drug-likeness (QED) is 0.267. The monoisotopic (exact) mass is 687 g/mol. The number of aliphatic hydroxyl groups excluding tert-OH is 1. The van der Waals surface area contributed by atoms with Crippen molar-refractivity contribution in [2.75, 3.05) is 48.1 Å². The minimum Gasteiger partial charge on any atom is -0.462 e. The number of hydrogen-bond acceptors (Lipinski definition) is 13. The number of likely N-dealkylation sites (tertiary alicyclic amines) is 1. The standard InChI is InChI=1S/C36H49NO12/c1-8-37-16-33(17-43-4)22(47-18(2)38)14-23(44-5)35-21-15-34(42)30(48-32(41)20-12-10-9-11-13-20)24(21)36(49-19(3)39,29(40)31(34)46-7)25(28(35)37)26(45-6)27(33)35/h9-13,21-31,40,42H,8,14-17H2,1-7H3/t21-,22-,23?,24-,25+,26+,27-,28-,29+,30-,31+,33+,34-,35?,36-/m1/s1. The van der Waals surface area contributed by atoms with E-state index < -0.39 is 100 Å². The molecule has 1 aliphatic heterocycles. The molecule has 270 valence electrons. The lowest BCUT2D eigenvalue weighted by atomic mass is 9.42. The Hall–Kier alpha value is -2.65. The highest BCUT2D eigenvalue weighted by atomic mass is 16.6. The molecule has 7 rings (SSSR count). The molecule has 0 aromatic heterocycles. The van der Waals surface area contributed by atoms with Gasteiger partial charge in [-0.25, -0.2) is 4.79 Å². The Labute approximate surface area is 286 Å². The molecule has 1 aromatic rings. The number of methoxy groups -OCH3 is 4. The second-order valence-electron chi connectivity index (χ2n) is 15.0. The van der Waals surface area contributed by atoms with Gasteiger partial charge >= 0.3 is 17.9 Å². The first-order valence-corrected chi connectivity index (χ1v) is 17.2. The number of fused-ring (bicyclic) bond motifs is 2. The van der Waals surface area contributed by atoms with Crippen LogP contribution in [-0.4, -0.2) is 135 Å². The first-order valence-electron chi connectivity index (χ1n) is 17.2. The predicted molar refractivity (Wildman–Crippen MR) is 170 cm³/mol. The number of ether oxygens (including phenoxy) is 7. The average molecular weight is 688 g/mol. The zero-order valence-corrected chi connectivity index (χ0v) is 29.2. The maximum absolute atomic E-state index is 13.8. The van der Waals surface area contributed by atoms with Crippen LogP contribution in [-0.2, 0) is 42.7 Å². The van der Waals surface area contributed by atoms with Crippen LogP contribution in [0.5, 0.6) is 0 Å². The number of rotatable bonds is 10. The number of aliphatic hydroxyl groups is 2. The summed E-state index contributed by atoms with van der Waals surface area (Å²) < 4.78 is 43.9. The van der Waals surface area contributed by atoms with Crippen LogP contribution in [0, 0.1) is 34.5 Å². The van der Waals surface area contributed by atoms with Crippen LogP contribution in [0.1, 0.15) is 44.0 Å². The minimum absolute atomic E-state index is 0.0534. The van der Waals surface area contributed by atoms with E-state index in [0.29, 0.717) is 19.5 Å². The van der Waals surface area contributed by atoms with Crippen LogP contribution < -0.4 is 0 Å². The second-order valence-corrected chi connectivity index (χ2v) is 15.0. The molecule has 0 amide bonds. The molecule has 0 radical (unpaired) electrons. The Kier molecular flexibility index (Phi) is 8.49. The van der Waals surface area contributed by atoms with Crippen LogP contribution >= 0.6 is 0 Å². The van der Waals surface area contributed by atoms with Crippen LogP contribution in [0.15, 0.2) is 30.3 Å². The van der Waals surface area contributed by atoms with Gasteiger partial charge in [0.2, 0.25) is 0 Å². The largest absolute Gasteiger partial charge is 0.462 e. The summed E-state index contributed by atoms with van der Waals surface area (Å²) in [5.74, 6) is -4.24. The maximum Gasteiger partial charge on any atom is 0.338 e. The van der Waals surface area contributed by atoms with Crippen molar-refractivity contribution in [1.29, 1.82) is 0 Å². The molecule has 1 spiro atoms. The van der Waals surface area contributed by atoms with Gasteiger partial charge in [-0.1, -0.05) is 25.1 Å². The van der Waals surface area contributed by atoms with E-state index in [1.807, 2.05) is 6.92 Å². The van der Waals surface area contributed by atoms with E-state index in [9.17, 15) is 24.6 Å². The second kappa shape index (κ2) is 12.0. The summed E-state index contributed by atoms with van der Waals surface area (Å²) >= 11 is 0. The molecule has 15 atom stereocenters. The van der Waals surface area contributed by atoms with Gasteiger partial charge in [-0.2, -0.15) is 0 Å². The first kappa shape index (κ1) is 34.8. The minimum atomic E-state index is -1.86. The summed E-state index contributed by atoms with van der Waals surface area (Å²) in [7, 11) is 6.25. The lowest BCUT2D eigenvalue weighted by molar-refractivity contribution is -0.322. The van der Waals surface area contributed by atoms with Gasteiger partial charge in [0, 0.05) is 89.9 Å². The van der Waals surface area contributed by atoms with E-state index in [4.69, 9.17) is 33.2 Å². The Morgan fingerprint density at radius 2 is 1.63 bits per heavy atom. The normalized spacial score (nSPS) is 47.4. The molecule has 6 aliphatic rings. The highest BCUT2D eigenvalue weighted by molar-refractivity contribution is 5.89. The lowest BCUT2D eigenvalue weighted by Gasteiger charge is -2.70. The predicted octanol–water partition coefficient (Wildman–Crippen LogP) is 1.22. The van der Waals surface area contributed by atoms with Gasteiger partial charge in [-0.05, 0) is 31.0 Å². The molecule has 7 bridgehead atoms. The molecular formula is C36H49NO12. The first-order chi connectivity index (χ1) is 23.4. The molecule has 5 aliphatic carbocycles. The summed E-state index contributed by atoms with van der Waals surface area (Å²) in [4.78, 5) is 42.2. The van der Waals surface area contributed by atoms with E-state index in [0.717, 1.165) is 0 Å². The Bertz CT molecular complexity index is 1480. The summed E-state index contributed by atoms with van der Waals surface area (Å²) in [6.45, 7) is 5.99. The molecule has 13 nitrogen and oxygen atoms in total. The smallest absolute Gasteiger partial charge is 0.338 e. The van der Waals surface area contributed by atoms with Gasteiger partial charge in [0.1, 0.15) is 30.0 Å². The number of nitrogens with zero attached hydrogens (tertiary/aromatic N) is 1. The van der Waals surface area contributed by atoms with Crippen molar-refractivity contribution in [2.24, 2.45) is 34.5 Å². The summed E-state index contributed by atoms with van der Waals surface area (Å²) in [6.07, 6.45) is -5.45. The lowest BCUT2D eigenvalue weighted by Crippen LogP contribution is -2.81. The van der Waals surface area contributed by atoms with Crippen molar-refractivity contribution in [3.63, 3.8) is 0 Å². The molecule has 49 heavy (non-hydrogen) atoms. The van der Waals surface area contributed by atoms with Crippen molar-refractivity contribution in [2.45, 2.75) is 87.5 Å². The SMILES string of the molecule is CCN1C[C@]2(COC)[C@H](OC(C)=O)CC(OC)C34[C@@H]5C[C@@]6(O)[C@H](OC(=O)c7ccccc7)[C@@H]5[C@@](OC(C)=O)([C@@H]([C@H](OC)[C@@H]32)[C@@H]14)[C@@H](O)[C@@H]6OC. The van der Waals surface area contributed by atoms with E-state index in [-0.39, 0.29) is 24.6 Å². The molecule has 1 aromatic carbocycles. The molecule has 1 heterocycles. The highest BCUT2D eigenvalue weighted by Gasteiger charge is 2.92. The van der Waals surface area contributed by atoms with E-state index in [1.54, 1.807) is 51.7 Å². The summed E-state index contributed by atoms with van der Waals surface area (Å²) in [5, 5.41) is 25.5. The molecule has 2 N–H and O–H groups in total. The fourth-order valence-corrected chi connectivity index (χ4v) is 12.7. The maximum atomic E-state index is 13.8. The third kappa shape index (κ3) is 4.21. The fraction of sp³-hybridized carbons (Fsp3) is 0.750. The molecule has 13 heteroatoms. The average Bonchev–Trinajstić information content (AvgIpc) is 3.44. The van der Waals surface area contributed by atoms with Crippen LogP contribution in [0.2, 0.25) is 0 Å². The molecule has 5 saturated carbocycles. The number of carbonyl (C=O) groups is 3. The van der Waals surface area contributed by atoms with E-state index >= 15 is 0 Å². The van der Waals surface area contributed by atoms with Gasteiger partial charge in [-0.3, -0.25) is 14.5 Å². The van der Waals surface area contributed by atoms with E-state index in [1.165, 1.54) is 21.0 Å². The number of benzene rings is 1. The molecule has 6 fully saturated rings. The van der Waals surface area contributed by atoms with Crippen LogP contribution in [0.25, 0.3) is 0 Å². The van der Waals surface area contributed by atoms with Crippen molar-refractivity contribution in [3.05, 3.63) is 35.9 Å². The summed E-state index contributed by atoms with van der Waals surface area (Å²) in [6, 6.07) is 8.12. The number of hydrogen-bond donors (Lipinski definition) is 2. The van der Waals surface area contributed by atoms with Crippen LogP contribution in [0.3, 0.4) is 0 Å².